The molecular weight excluding hydrogens is 290 g/mol. The zero-order valence-corrected chi connectivity index (χ0v) is 12.4. The van der Waals surface area contributed by atoms with Crippen LogP contribution in [0.15, 0.2) is 65.8 Å². The Hall–Kier alpha value is -3.08. The van der Waals surface area contributed by atoms with Gasteiger partial charge in [-0.1, -0.05) is 0 Å². The third kappa shape index (κ3) is 2.68. The molecule has 5 heteroatoms. The highest BCUT2D eigenvalue weighted by Crippen LogP contribution is 2.27. The summed E-state index contributed by atoms with van der Waals surface area (Å²) in [6.07, 6.45) is 6.16. The van der Waals surface area contributed by atoms with Crippen LogP contribution >= 0.6 is 0 Å². The summed E-state index contributed by atoms with van der Waals surface area (Å²) >= 11 is 0. The zero-order chi connectivity index (χ0) is 15.6. The van der Waals surface area contributed by atoms with Crippen LogP contribution in [-0.2, 0) is 6.42 Å². The maximum absolute atomic E-state index is 12.1. The Morgan fingerprint density at radius 3 is 2.78 bits per heavy atom. The third-order valence-electron chi connectivity index (χ3n) is 3.86. The fourth-order valence-corrected chi connectivity index (χ4v) is 2.68. The molecule has 2 aromatic heterocycles. The molecular formula is C18H15N3O2. The molecule has 1 aliphatic heterocycles. The Kier molecular flexibility index (Phi) is 3.31. The largest absolute Gasteiger partial charge is 0.493 e. The second kappa shape index (κ2) is 5.61. The van der Waals surface area contributed by atoms with Crippen molar-refractivity contribution >= 4 is 5.69 Å². The summed E-state index contributed by atoms with van der Waals surface area (Å²) in [5.41, 5.74) is 7.02. The molecule has 0 radical (unpaired) electrons. The van der Waals surface area contributed by atoms with E-state index >= 15 is 0 Å². The van der Waals surface area contributed by atoms with Crippen LogP contribution in [0.1, 0.15) is 5.56 Å². The number of aromatic nitrogens is 2. The fraction of sp³-hybridized carbons (Fsp3) is 0.111. The minimum Gasteiger partial charge on any atom is -0.493 e. The number of ether oxygens (including phenoxy) is 1. The molecule has 4 rings (SSSR count). The number of anilines is 1. The van der Waals surface area contributed by atoms with Crippen molar-refractivity contribution in [2.45, 2.75) is 6.42 Å². The summed E-state index contributed by atoms with van der Waals surface area (Å²) in [5.74, 6) is 0.924. The Morgan fingerprint density at radius 1 is 1.04 bits per heavy atom. The lowest BCUT2D eigenvalue weighted by Gasteiger charge is -2.12. The summed E-state index contributed by atoms with van der Waals surface area (Å²) < 4.78 is 7.00. The molecule has 0 spiro atoms. The van der Waals surface area contributed by atoms with Crippen LogP contribution in [0.25, 0.3) is 11.1 Å². The van der Waals surface area contributed by atoms with Crippen molar-refractivity contribution in [3.8, 4) is 16.9 Å². The number of nitrogens with one attached hydrogen (secondary N) is 1. The molecule has 0 atom stereocenters. The van der Waals surface area contributed by atoms with Crippen LogP contribution in [0, 0.1) is 0 Å². The number of rotatable bonds is 3. The van der Waals surface area contributed by atoms with E-state index in [0.29, 0.717) is 0 Å². The van der Waals surface area contributed by atoms with Crippen molar-refractivity contribution in [2.24, 2.45) is 0 Å². The monoisotopic (exact) mass is 305 g/mol. The highest BCUT2D eigenvalue weighted by Gasteiger charge is 2.12. The lowest BCUT2D eigenvalue weighted by molar-refractivity contribution is 0.357. The lowest BCUT2D eigenvalue weighted by atomic mass is 10.1. The number of nitrogens with zero attached hydrogens (tertiary/aromatic N) is 2. The van der Waals surface area contributed by atoms with E-state index in [2.05, 4.69) is 10.4 Å². The molecule has 0 saturated heterocycles. The molecule has 0 amide bonds. The molecule has 3 heterocycles. The minimum absolute atomic E-state index is 0.112. The second-order valence-electron chi connectivity index (χ2n) is 5.39. The Morgan fingerprint density at radius 2 is 1.91 bits per heavy atom. The summed E-state index contributed by atoms with van der Waals surface area (Å²) in [6.45, 7) is 0.719. The topological polar surface area (TPSA) is 56.2 Å². The molecule has 114 valence electrons. The Balaban J connectivity index is 1.67. The number of hydrogen-bond acceptors (Lipinski definition) is 4. The molecule has 0 aliphatic carbocycles. The SMILES string of the molecule is O=c1ccc(-c2ccncc2)cn1Nc1ccc2c(c1)CCO2. The predicted molar refractivity (Wildman–Crippen MR) is 88.6 cm³/mol. The molecule has 5 nitrogen and oxygen atoms in total. The van der Waals surface area contributed by atoms with Crippen LogP contribution in [0.3, 0.4) is 0 Å². The molecule has 1 aromatic carbocycles. The van der Waals surface area contributed by atoms with E-state index in [4.69, 9.17) is 4.74 Å². The highest BCUT2D eigenvalue weighted by atomic mass is 16.5. The summed E-state index contributed by atoms with van der Waals surface area (Å²) in [6, 6.07) is 13.1. The lowest BCUT2D eigenvalue weighted by Crippen LogP contribution is -2.24. The molecule has 0 unspecified atom stereocenters. The third-order valence-corrected chi connectivity index (χ3v) is 3.86. The van der Waals surface area contributed by atoms with Gasteiger partial charge in [-0.15, -0.1) is 0 Å². The van der Waals surface area contributed by atoms with Crippen molar-refractivity contribution in [3.05, 3.63) is 77.0 Å². The predicted octanol–water partition coefficient (Wildman–Crippen LogP) is 2.72. The minimum atomic E-state index is -0.112. The standard InChI is InChI=1S/C18H15N3O2/c22-18-4-1-15(13-5-8-19-9-6-13)12-21(18)20-16-2-3-17-14(11-16)7-10-23-17/h1-6,8-9,11-12,20H,7,10H2. The number of hydrogen-bond donors (Lipinski definition) is 1. The molecule has 3 aromatic rings. The van der Waals surface area contributed by atoms with E-state index in [1.54, 1.807) is 24.7 Å². The number of benzene rings is 1. The first-order chi connectivity index (χ1) is 11.3. The van der Waals surface area contributed by atoms with Crippen LogP contribution in [0.2, 0.25) is 0 Å². The van der Waals surface area contributed by atoms with E-state index in [1.165, 1.54) is 4.68 Å². The number of pyridine rings is 2. The van der Waals surface area contributed by atoms with Crippen molar-refractivity contribution in [3.63, 3.8) is 0 Å². The first kappa shape index (κ1) is 13.6. The van der Waals surface area contributed by atoms with E-state index in [-0.39, 0.29) is 5.56 Å². The first-order valence-corrected chi connectivity index (χ1v) is 7.45. The first-order valence-electron chi connectivity index (χ1n) is 7.45. The highest BCUT2D eigenvalue weighted by molar-refractivity contribution is 5.62. The average Bonchev–Trinajstić information content (AvgIpc) is 3.05. The van der Waals surface area contributed by atoms with Crippen LogP contribution in [-0.4, -0.2) is 16.3 Å². The summed E-state index contributed by atoms with van der Waals surface area (Å²) in [5, 5.41) is 0. The average molecular weight is 305 g/mol. The Labute approximate surface area is 133 Å². The van der Waals surface area contributed by atoms with E-state index < -0.39 is 0 Å². The van der Waals surface area contributed by atoms with Gasteiger partial charge in [0.1, 0.15) is 5.75 Å². The van der Waals surface area contributed by atoms with Crippen LogP contribution in [0.5, 0.6) is 5.75 Å². The van der Waals surface area contributed by atoms with Crippen molar-refractivity contribution in [1.82, 2.24) is 9.66 Å². The quantitative estimate of drug-likeness (QED) is 0.808. The molecule has 0 fully saturated rings. The van der Waals surface area contributed by atoms with Gasteiger partial charge in [0.15, 0.2) is 0 Å². The Bertz CT molecular complexity index is 904. The smallest absolute Gasteiger partial charge is 0.269 e. The normalized spacial score (nSPS) is 12.5. The molecule has 0 bridgehead atoms. The van der Waals surface area contributed by atoms with Gasteiger partial charge in [0.2, 0.25) is 0 Å². The molecule has 0 saturated carbocycles. The van der Waals surface area contributed by atoms with Gasteiger partial charge in [-0.25, -0.2) is 4.68 Å². The summed E-state index contributed by atoms with van der Waals surface area (Å²) in [4.78, 5) is 16.1. The van der Waals surface area contributed by atoms with E-state index in [0.717, 1.165) is 41.2 Å². The van der Waals surface area contributed by atoms with Crippen molar-refractivity contribution < 1.29 is 4.74 Å². The van der Waals surface area contributed by atoms with Gasteiger partial charge < -0.3 is 4.74 Å². The van der Waals surface area contributed by atoms with Crippen molar-refractivity contribution in [2.75, 3.05) is 12.0 Å². The van der Waals surface area contributed by atoms with Crippen LogP contribution < -0.4 is 15.7 Å². The maximum atomic E-state index is 12.1. The van der Waals surface area contributed by atoms with Crippen molar-refractivity contribution in [1.29, 1.82) is 0 Å². The van der Waals surface area contributed by atoms with Gasteiger partial charge in [0, 0.05) is 36.6 Å². The van der Waals surface area contributed by atoms with Gasteiger partial charge in [-0.2, -0.15) is 0 Å². The van der Waals surface area contributed by atoms with E-state index in [1.807, 2.05) is 36.4 Å². The van der Waals surface area contributed by atoms with Gasteiger partial charge in [0.05, 0.1) is 12.3 Å². The summed E-state index contributed by atoms with van der Waals surface area (Å²) in [7, 11) is 0. The molecule has 23 heavy (non-hydrogen) atoms. The zero-order valence-electron chi connectivity index (χ0n) is 12.4. The number of fused-ring (bicyclic) bond motifs is 1. The van der Waals surface area contributed by atoms with Gasteiger partial charge in [-0.3, -0.25) is 15.2 Å². The maximum Gasteiger partial charge on any atom is 0.269 e. The van der Waals surface area contributed by atoms with Gasteiger partial charge >= 0.3 is 0 Å². The van der Waals surface area contributed by atoms with Gasteiger partial charge in [0.25, 0.3) is 5.56 Å². The van der Waals surface area contributed by atoms with Gasteiger partial charge in [-0.05, 0) is 47.5 Å². The van der Waals surface area contributed by atoms with Crippen LogP contribution in [0.4, 0.5) is 5.69 Å². The fourth-order valence-electron chi connectivity index (χ4n) is 2.68. The van der Waals surface area contributed by atoms with E-state index in [9.17, 15) is 4.79 Å². The molecule has 1 aliphatic rings. The second-order valence-corrected chi connectivity index (χ2v) is 5.39. The molecule has 1 N–H and O–H groups in total.